The zero-order valence-corrected chi connectivity index (χ0v) is 13.0. The standard InChI is InChI=1S/C17H25N3O/c1-3-21-14-6-10-18-17-19-11-13-20(17)12-9-16-8-5-4-7-15(16)2/h4-5,7-8,11,13H,3,6,9-10,12,14H2,1-2H3,(H,18,19). The van der Waals surface area contributed by atoms with E-state index in [1.54, 1.807) is 0 Å². The quantitative estimate of drug-likeness (QED) is 0.719. The molecule has 0 saturated heterocycles. The maximum atomic E-state index is 5.33. The second-order valence-electron chi connectivity index (χ2n) is 5.10. The van der Waals surface area contributed by atoms with Gasteiger partial charge in [-0.1, -0.05) is 24.3 Å². The molecule has 2 aromatic rings. The maximum Gasteiger partial charge on any atom is 0.202 e. The van der Waals surface area contributed by atoms with Crippen molar-refractivity contribution >= 4 is 5.95 Å². The van der Waals surface area contributed by atoms with Gasteiger partial charge < -0.3 is 14.6 Å². The molecule has 1 aromatic heterocycles. The molecule has 1 N–H and O–H groups in total. The average molecular weight is 287 g/mol. The number of ether oxygens (including phenoxy) is 1. The molecule has 114 valence electrons. The summed E-state index contributed by atoms with van der Waals surface area (Å²) in [6.07, 6.45) is 5.90. The summed E-state index contributed by atoms with van der Waals surface area (Å²) in [6.45, 7) is 7.60. The van der Waals surface area contributed by atoms with Crippen molar-refractivity contribution in [3.05, 3.63) is 47.8 Å². The van der Waals surface area contributed by atoms with Crippen LogP contribution >= 0.6 is 0 Å². The highest BCUT2D eigenvalue weighted by atomic mass is 16.5. The number of nitrogens with one attached hydrogen (secondary N) is 1. The van der Waals surface area contributed by atoms with E-state index in [1.807, 2.05) is 19.3 Å². The van der Waals surface area contributed by atoms with E-state index in [2.05, 4.69) is 46.1 Å². The molecule has 21 heavy (non-hydrogen) atoms. The molecule has 4 nitrogen and oxygen atoms in total. The van der Waals surface area contributed by atoms with Crippen molar-refractivity contribution in [3.8, 4) is 0 Å². The smallest absolute Gasteiger partial charge is 0.202 e. The molecule has 0 atom stereocenters. The summed E-state index contributed by atoms with van der Waals surface area (Å²) in [5.74, 6) is 0.945. The van der Waals surface area contributed by atoms with Gasteiger partial charge in [-0.15, -0.1) is 0 Å². The predicted octanol–water partition coefficient (Wildman–Crippen LogP) is 3.27. The van der Waals surface area contributed by atoms with Crippen LogP contribution in [0.2, 0.25) is 0 Å². The van der Waals surface area contributed by atoms with E-state index in [0.29, 0.717) is 0 Å². The van der Waals surface area contributed by atoms with Crippen molar-refractivity contribution in [1.29, 1.82) is 0 Å². The van der Waals surface area contributed by atoms with Crippen molar-refractivity contribution in [3.63, 3.8) is 0 Å². The van der Waals surface area contributed by atoms with Crippen molar-refractivity contribution in [2.75, 3.05) is 25.1 Å². The van der Waals surface area contributed by atoms with Gasteiger partial charge in [-0.3, -0.25) is 0 Å². The van der Waals surface area contributed by atoms with Gasteiger partial charge in [0.2, 0.25) is 5.95 Å². The molecule has 0 amide bonds. The Morgan fingerprint density at radius 2 is 2.14 bits per heavy atom. The fourth-order valence-electron chi connectivity index (χ4n) is 2.31. The molecular weight excluding hydrogens is 262 g/mol. The lowest BCUT2D eigenvalue weighted by atomic mass is 10.1. The summed E-state index contributed by atoms with van der Waals surface area (Å²) in [4.78, 5) is 4.38. The van der Waals surface area contributed by atoms with Crippen molar-refractivity contribution in [1.82, 2.24) is 9.55 Å². The third-order valence-electron chi connectivity index (χ3n) is 3.55. The number of anilines is 1. The Kier molecular flexibility index (Phi) is 6.28. The third-order valence-corrected chi connectivity index (χ3v) is 3.55. The van der Waals surface area contributed by atoms with E-state index in [0.717, 1.165) is 45.1 Å². The molecule has 0 spiro atoms. The Hall–Kier alpha value is -1.81. The highest BCUT2D eigenvalue weighted by Crippen LogP contribution is 2.11. The first-order chi connectivity index (χ1) is 10.3. The van der Waals surface area contributed by atoms with E-state index < -0.39 is 0 Å². The summed E-state index contributed by atoms with van der Waals surface area (Å²) in [5, 5.41) is 3.37. The molecule has 2 rings (SSSR count). The number of imidazole rings is 1. The highest BCUT2D eigenvalue weighted by Gasteiger charge is 2.03. The molecule has 0 radical (unpaired) electrons. The summed E-state index contributed by atoms with van der Waals surface area (Å²) in [7, 11) is 0. The number of nitrogens with zero attached hydrogens (tertiary/aromatic N) is 2. The van der Waals surface area contributed by atoms with Gasteiger partial charge in [0.05, 0.1) is 0 Å². The van der Waals surface area contributed by atoms with Crippen molar-refractivity contribution in [2.24, 2.45) is 0 Å². The highest BCUT2D eigenvalue weighted by molar-refractivity contribution is 5.28. The first-order valence-electron chi connectivity index (χ1n) is 7.68. The van der Waals surface area contributed by atoms with E-state index >= 15 is 0 Å². The summed E-state index contributed by atoms with van der Waals surface area (Å²) in [5.41, 5.74) is 2.75. The van der Waals surface area contributed by atoms with Crippen LogP contribution in [0, 0.1) is 6.92 Å². The van der Waals surface area contributed by atoms with Gasteiger partial charge in [0.25, 0.3) is 0 Å². The van der Waals surface area contributed by atoms with E-state index in [1.165, 1.54) is 11.1 Å². The average Bonchev–Trinajstić information content (AvgIpc) is 2.94. The lowest BCUT2D eigenvalue weighted by molar-refractivity contribution is 0.147. The minimum Gasteiger partial charge on any atom is -0.382 e. The van der Waals surface area contributed by atoms with Crippen LogP contribution in [0.4, 0.5) is 5.95 Å². The molecule has 0 aliphatic carbocycles. The Morgan fingerprint density at radius 1 is 1.29 bits per heavy atom. The lowest BCUT2D eigenvalue weighted by Crippen LogP contribution is -2.11. The van der Waals surface area contributed by atoms with Gasteiger partial charge in [0, 0.05) is 38.7 Å². The summed E-state index contributed by atoms with van der Waals surface area (Å²) in [6, 6.07) is 8.54. The van der Waals surface area contributed by atoms with Crippen molar-refractivity contribution < 1.29 is 4.74 Å². The zero-order valence-electron chi connectivity index (χ0n) is 13.0. The van der Waals surface area contributed by atoms with Crippen LogP contribution in [0.3, 0.4) is 0 Å². The summed E-state index contributed by atoms with van der Waals surface area (Å²) >= 11 is 0. The number of hydrogen-bond acceptors (Lipinski definition) is 3. The first-order valence-corrected chi connectivity index (χ1v) is 7.68. The number of benzene rings is 1. The van der Waals surface area contributed by atoms with Crippen LogP contribution in [0.15, 0.2) is 36.7 Å². The molecule has 1 heterocycles. The monoisotopic (exact) mass is 287 g/mol. The summed E-state index contributed by atoms with van der Waals surface area (Å²) < 4.78 is 7.51. The fourth-order valence-corrected chi connectivity index (χ4v) is 2.31. The maximum absolute atomic E-state index is 5.33. The number of hydrogen-bond donors (Lipinski definition) is 1. The molecule has 0 unspecified atom stereocenters. The lowest BCUT2D eigenvalue weighted by Gasteiger charge is -2.11. The van der Waals surface area contributed by atoms with Crippen LogP contribution < -0.4 is 5.32 Å². The minimum absolute atomic E-state index is 0.783. The second kappa shape index (κ2) is 8.47. The van der Waals surface area contributed by atoms with E-state index in [-0.39, 0.29) is 0 Å². The van der Waals surface area contributed by atoms with Gasteiger partial charge >= 0.3 is 0 Å². The number of aryl methyl sites for hydroxylation is 3. The largest absolute Gasteiger partial charge is 0.382 e. The molecule has 0 aliphatic heterocycles. The number of aromatic nitrogens is 2. The number of rotatable bonds is 9. The van der Waals surface area contributed by atoms with Crippen LogP contribution in [0.25, 0.3) is 0 Å². The Labute approximate surface area is 127 Å². The molecular formula is C17H25N3O. The van der Waals surface area contributed by atoms with Crippen LogP contribution in [-0.2, 0) is 17.7 Å². The third kappa shape index (κ3) is 4.90. The Morgan fingerprint density at radius 3 is 2.95 bits per heavy atom. The topological polar surface area (TPSA) is 39.1 Å². The normalized spacial score (nSPS) is 10.8. The molecule has 1 aromatic carbocycles. The van der Waals surface area contributed by atoms with Crippen LogP contribution in [-0.4, -0.2) is 29.3 Å². The van der Waals surface area contributed by atoms with Gasteiger partial charge in [-0.25, -0.2) is 4.98 Å². The van der Waals surface area contributed by atoms with Crippen LogP contribution in [0.5, 0.6) is 0 Å². The second-order valence-corrected chi connectivity index (χ2v) is 5.10. The minimum atomic E-state index is 0.783. The molecule has 4 heteroatoms. The van der Waals surface area contributed by atoms with E-state index in [9.17, 15) is 0 Å². The zero-order chi connectivity index (χ0) is 14.9. The fraction of sp³-hybridized carbons (Fsp3) is 0.471. The Balaban J connectivity index is 1.81. The van der Waals surface area contributed by atoms with Gasteiger partial charge in [-0.05, 0) is 37.8 Å². The molecule has 0 aliphatic rings. The molecule has 0 bridgehead atoms. The SMILES string of the molecule is CCOCCCNc1nccn1CCc1ccccc1C. The van der Waals surface area contributed by atoms with Gasteiger partial charge in [0.15, 0.2) is 0 Å². The molecule has 0 fully saturated rings. The van der Waals surface area contributed by atoms with Gasteiger partial charge in [0.1, 0.15) is 0 Å². The van der Waals surface area contributed by atoms with E-state index in [4.69, 9.17) is 4.74 Å². The Bertz CT molecular complexity index is 536. The van der Waals surface area contributed by atoms with Crippen LogP contribution in [0.1, 0.15) is 24.5 Å². The predicted molar refractivity (Wildman–Crippen MR) is 86.7 cm³/mol. The first kappa shape index (κ1) is 15.6. The van der Waals surface area contributed by atoms with Crippen molar-refractivity contribution in [2.45, 2.75) is 33.2 Å². The van der Waals surface area contributed by atoms with Gasteiger partial charge in [-0.2, -0.15) is 0 Å². The molecule has 0 saturated carbocycles.